The lowest BCUT2D eigenvalue weighted by Crippen LogP contribution is -1.97. The van der Waals surface area contributed by atoms with Gasteiger partial charge in [0.15, 0.2) is 5.58 Å². The van der Waals surface area contributed by atoms with Crippen LogP contribution in [0.2, 0.25) is 0 Å². The molecule has 0 fully saturated rings. The number of carboxylic acids is 1. The van der Waals surface area contributed by atoms with Crippen molar-refractivity contribution in [3.8, 4) is 0 Å². The molecule has 1 heterocycles. The summed E-state index contributed by atoms with van der Waals surface area (Å²) in [7, 11) is 0. The highest BCUT2D eigenvalue weighted by atomic mass is 16.4. The van der Waals surface area contributed by atoms with Gasteiger partial charge in [-0.05, 0) is 23.8 Å². The molecule has 0 amide bonds. The van der Waals surface area contributed by atoms with Crippen molar-refractivity contribution in [3.05, 3.63) is 66.1 Å². The first-order chi connectivity index (χ1) is 10.2. The molecule has 0 aliphatic heterocycles. The number of carbonyl (C=O) groups is 1. The number of benzene rings is 2. The third kappa shape index (κ3) is 3.00. The Morgan fingerprint density at radius 3 is 2.52 bits per heavy atom. The van der Waals surface area contributed by atoms with Crippen molar-refractivity contribution < 1.29 is 14.3 Å². The predicted molar refractivity (Wildman–Crippen MR) is 80.6 cm³/mol. The molecule has 21 heavy (non-hydrogen) atoms. The maximum Gasteiger partial charge on any atom is 0.308 e. The minimum atomic E-state index is -0.917. The van der Waals surface area contributed by atoms with Gasteiger partial charge in [0.2, 0.25) is 5.89 Å². The minimum Gasteiger partial charge on any atom is -0.481 e. The normalized spacial score (nSPS) is 11.7. The Morgan fingerprint density at radius 1 is 1.10 bits per heavy atom. The molecule has 0 spiro atoms. The summed E-state index contributed by atoms with van der Waals surface area (Å²) in [6.07, 6.45) is 1.65. The summed E-state index contributed by atoms with van der Waals surface area (Å²) in [6, 6.07) is 16.9. The van der Waals surface area contributed by atoms with Crippen LogP contribution in [0, 0.1) is 0 Å². The van der Waals surface area contributed by atoms with Crippen LogP contribution >= 0.6 is 0 Å². The maximum atomic E-state index is 11.1. The Labute approximate surface area is 121 Å². The average Bonchev–Trinajstić information content (AvgIpc) is 2.91. The minimum absolute atomic E-state index is 0.137. The topological polar surface area (TPSA) is 63.3 Å². The molecule has 0 bridgehead atoms. The summed E-state index contributed by atoms with van der Waals surface area (Å²) in [5.74, 6) is -0.568. The Kier molecular flexibility index (Phi) is 3.51. The Balaban J connectivity index is 2.06. The number of aromatic nitrogens is 1. The van der Waals surface area contributed by atoms with E-state index in [1.54, 1.807) is 6.08 Å². The van der Waals surface area contributed by atoms with E-state index in [9.17, 15) is 4.79 Å². The predicted octanol–water partition coefficient (Wildman–Crippen LogP) is 3.84. The highest BCUT2D eigenvalue weighted by molar-refractivity contribution is 5.90. The molecule has 0 radical (unpaired) electrons. The van der Waals surface area contributed by atoms with Gasteiger partial charge >= 0.3 is 5.97 Å². The Hall–Kier alpha value is -2.88. The molecule has 0 unspecified atom stereocenters. The fourth-order valence-corrected chi connectivity index (χ4v) is 2.11. The van der Waals surface area contributed by atoms with Crippen LogP contribution in [0.5, 0.6) is 0 Å². The van der Waals surface area contributed by atoms with Gasteiger partial charge in [0.25, 0.3) is 0 Å². The van der Waals surface area contributed by atoms with Crippen LogP contribution in [0.15, 0.2) is 59.0 Å². The lowest BCUT2D eigenvalue weighted by atomic mass is 10.1. The number of para-hydroxylation sites is 2. The SMILES string of the molecule is O=C(O)C/C(=C\c1ccccc1)c1nc2ccccc2o1. The van der Waals surface area contributed by atoms with Gasteiger partial charge in [-0.1, -0.05) is 42.5 Å². The van der Waals surface area contributed by atoms with E-state index in [0.29, 0.717) is 17.0 Å². The molecule has 0 aliphatic carbocycles. The molecule has 3 aromatic rings. The van der Waals surface area contributed by atoms with Gasteiger partial charge in [-0.3, -0.25) is 4.79 Å². The summed E-state index contributed by atoms with van der Waals surface area (Å²) in [6.45, 7) is 0. The van der Waals surface area contributed by atoms with Crippen LogP contribution in [-0.4, -0.2) is 16.1 Å². The maximum absolute atomic E-state index is 11.1. The zero-order valence-corrected chi connectivity index (χ0v) is 11.2. The van der Waals surface area contributed by atoms with E-state index in [4.69, 9.17) is 9.52 Å². The van der Waals surface area contributed by atoms with Crippen LogP contribution in [-0.2, 0) is 4.79 Å². The van der Waals surface area contributed by atoms with Crippen LogP contribution in [0.25, 0.3) is 22.7 Å². The second-order valence-electron chi connectivity index (χ2n) is 4.64. The van der Waals surface area contributed by atoms with Crippen molar-refractivity contribution in [2.24, 2.45) is 0 Å². The molecule has 2 aromatic carbocycles. The second-order valence-corrected chi connectivity index (χ2v) is 4.64. The second kappa shape index (κ2) is 5.63. The molecular weight excluding hydrogens is 266 g/mol. The summed E-state index contributed by atoms with van der Waals surface area (Å²) in [5, 5.41) is 9.09. The number of hydrogen-bond donors (Lipinski definition) is 1. The van der Waals surface area contributed by atoms with Crippen molar-refractivity contribution in [3.63, 3.8) is 0 Å². The van der Waals surface area contributed by atoms with Gasteiger partial charge in [-0.2, -0.15) is 0 Å². The van der Waals surface area contributed by atoms with E-state index in [1.165, 1.54) is 0 Å². The van der Waals surface area contributed by atoms with Gasteiger partial charge in [-0.25, -0.2) is 4.98 Å². The molecule has 4 nitrogen and oxygen atoms in total. The highest BCUT2D eigenvalue weighted by Gasteiger charge is 2.14. The largest absolute Gasteiger partial charge is 0.481 e. The average molecular weight is 279 g/mol. The first-order valence-corrected chi connectivity index (χ1v) is 6.56. The third-order valence-corrected chi connectivity index (χ3v) is 3.05. The first-order valence-electron chi connectivity index (χ1n) is 6.56. The smallest absolute Gasteiger partial charge is 0.308 e. The van der Waals surface area contributed by atoms with Crippen LogP contribution < -0.4 is 0 Å². The molecule has 1 N–H and O–H groups in total. The van der Waals surface area contributed by atoms with Crippen molar-refractivity contribution >= 4 is 28.7 Å². The third-order valence-electron chi connectivity index (χ3n) is 3.05. The number of aliphatic carboxylic acids is 1. The van der Waals surface area contributed by atoms with E-state index < -0.39 is 5.97 Å². The van der Waals surface area contributed by atoms with Crippen LogP contribution in [0.1, 0.15) is 17.9 Å². The fraction of sp³-hybridized carbons (Fsp3) is 0.0588. The fourth-order valence-electron chi connectivity index (χ4n) is 2.11. The number of hydrogen-bond acceptors (Lipinski definition) is 3. The van der Waals surface area contributed by atoms with Crippen molar-refractivity contribution in [2.75, 3.05) is 0 Å². The van der Waals surface area contributed by atoms with Gasteiger partial charge in [0.05, 0.1) is 6.42 Å². The van der Waals surface area contributed by atoms with Crippen molar-refractivity contribution in [1.29, 1.82) is 0 Å². The molecule has 3 rings (SSSR count). The van der Waals surface area contributed by atoms with Crippen LogP contribution in [0.3, 0.4) is 0 Å². The molecule has 1 aromatic heterocycles. The molecule has 4 heteroatoms. The summed E-state index contributed by atoms with van der Waals surface area (Å²) < 4.78 is 5.66. The summed E-state index contributed by atoms with van der Waals surface area (Å²) in [5.41, 5.74) is 2.83. The quantitative estimate of drug-likeness (QED) is 0.788. The monoisotopic (exact) mass is 279 g/mol. The zero-order valence-electron chi connectivity index (χ0n) is 11.2. The summed E-state index contributed by atoms with van der Waals surface area (Å²) in [4.78, 5) is 15.4. The lowest BCUT2D eigenvalue weighted by Gasteiger charge is -2.00. The van der Waals surface area contributed by atoms with Gasteiger partial charge in [0.1, 0.15) is 5.52 Å². The standard InChI is InChI=1S/C17H13NO3/c19-16(20)11-13(10-12-6-2-1-3-7-12)17-18-14-8-4-5-9-15(14)21-17/h1-10H,11H2,(H,19,20)/b13-10+. The first kappa shape index (κ1) is 13.1. The Morgan fingerprint density at radius 2 is 1.81 bits per heavy atom. The number of fused-ring (bicyclic) bond motifs is 1. The van der Waals surface area contributed by atoms with Gasteiger partial charge in [-0.15, -0.1) is 0 Å². The van der Waals surface area contributed by atoms with Crippen LogP contribution in [0.4, 0.5) is 0 Å². The number of rotatable bonds is 4. The lowest BCUT2D eigenvalue weighted by molar-refractivity contribution is -0.135. The van der Waals surface area contributed by atoms with E-state index in [-0.39, 0.29) is 6.42 Å². The van der Waals surface area contributed by atoms with Gasteiger partial charge < -0.3 is 9.52 Å². The Bertz CT molecular complexity index is 770. The number of oxazole rings is 1. The molecule has 0 saturated heterocycles. The molecule has 104 valence electrons. The van der Waals surface area contributed by atoms with E-state index in [2.05, 4.69) is 4.98 Å². The van der Waals surface area contributed by atoms with Gasteiger partial charge in [0, 0.05) is 5.57 Å². The van der Waals surface area contributed by atoms with Crippen molar-refractivity contribution in [2.45, 2.75) is 6.42 Å². The molecule has 0 atom stereocenters. The number of nitrogens with zero attached hydrogens (tertiary/aromatic N) is 1. The van der Waals surface area contributed by atoms with E-state index >= 15 is 0 Å². The highest BCUT2D eigenvalue weighted by Crippen LogP contribution is 2.25. The number of carboxylic acid groups (broad SMARTS) is 1. The van der Waals surface area contributed by atoms with E-state index in [1.807, 2.05) is 54.6 Å². The van der Waals surface area contributed by atoms with E-state index in [0.717, 1.165) is 11.1 Å². The molecular formula is C17H13NO3. The van der Waals surface area contributed by atoms with Crippen molar-refractivity contribution in [1.82, 2.24) is 4.98 Å². The summed E-state index contributed by atoms with van der Waals surface area (Å²) >= 11 is 0. The zero-order chi connectivity index (χ0) is 14.7. The molecule has 0 saturated carbocycles. The molecule has 0 aliphatic rings.